The molecule has 52 heavy (non-hydrogen) atoms. The second-order valence-electron chi connectivity index (χ2n) is 13.4. The third kappa shape index (κ3) is 8.62. The number of hydrogen-bond acceptors (Lipinski definition) is 6. The molecule has 4 aromatic carbocycles. The molecule has 0 heterocycles. The molecule has 10 heteroatoms. The summed E-state index contributed by atoms with van der Waals surface area (Å²) in [5.41, 5.74) is 3.24. The van der Waals surface area contributed by atoms with Gasteiger partial charge in [-0.05, 0) is 85.3 Å². The quantitative estimate of drug-likeness (QED) is 0.0912. The minimum Gasteiger partial charge on any atom is -0.481 e. The van der Waals surface area contributed by atoms with Crippen molar-refractivity contribution >= 4 is 23.8 Å². The fourth-order valence-corrected chi connectivity index (χ4v) is 7.01. The number of rotatable bonds is 16. The number of para-hydroxylation sites is 2. The van der Waals surface area contributed by atoms with E-state index in [4.69, 9.17) is 9.47 Å². The van der Waals surface area contributed by atoms with Crippen LogP contribution in [0.4, 0.5) is 0 Å². The van der Waals surface area contributed by atoms with Crippen molar-refractivity contribution in [2.75, 3.05) is 0 Å². The number of aliphatic carboxylic acids is 2. The molecular weight excluding hydrogens is 660 g/mol. The second-order valence-corrected chi connectivity index (χ2v) is 13.4. The lowest BCUT2D eigenvalue weighted by Gasteiger charge is -2.46. The number of carboxylic acid groups (broad SMARTS) is 2. The van der Waals surface area contributed by atoms with Crippen LogP contribution in [0, 0.1) is 37.5 Å². The molecule has 2 amide bonds. The lowest BCUT2D eigenvalue weighted by molar-refractivity contribution is -0.182. The van der Waals surface area contributed by atoms with Crippen molar-refractivity contribution in [3.63, 3.8) is 0 Å². The van der Waals surface area contributed by atoms with E-state index >= 15 is 0 Å². The fourth-order valence-electron chi connectivity index (χ4n) is 7.01. The zero-order valence-corrected chi connectivity index (χ0v) is 29.9. The van der Waals surface area contributed by atoms with E-state index in [2.05, 4.69) is 10.6 Å². The Labute approximate surface area is 304 Å². The zero-order valence-electron chi connectivity index (χ0n) is 29.9. The number of carbonyl (C=O) groups excluding carboxylic acids is 2. The van der Waals surface area contributed by atoms with Gasteiger partial charge in [0, 0.05) is 0 Å². The first kappa shape index (κ1) is 37.6. The minimum absolute atomic E-state index is 0.503. The van der Waals surface area contributed by atoms with Gasteiger partial charge >= 0.3 is 11.9 Å². The Hall–Kier alpha value is -5.64. The molecule has 0 bridgehead atoms. The summed E-state index contributed by atoms with van der Waals surface area (Å²) in [6.45, 7) is 7.73. The maximum absolute atomic E-state index is 14.0. The summed E-state index contributed by atoms with van der Waals surface area (Å²) >= 11 is 0. The molecule has 1 aliphatic carbocycles. The average molecular weight is 707 g/mol. The van der Waals surface area contributed by atoms with Gasteiger partial charge in [0.25, 0.3) is 0 Å². The van der Waals surface area contributed by atoms with Crippen molar-refractivity contribution in [1.82, 2.24) is 10.6 Å². The number of amides is 2. The van der Waals surface area contributed by atoms with E-state index in [9.17, 15) is 29.4 Å². The van der Waals surface area contributed by atoms with Crippen molar-refractivity contribution in [3.05, 3.63) is 119 Å². The summed E-state index contributed by atoms with van der Waals surface area (Å²) < 4.78 is 12.0. The van der Waals surface area contributed by atoms with Crippen LogP contribution in [0.3, 0.4) is 0 Å². The van der Waals surface area contributed by atoms with E-state index in [0.717, 1.165) is 22.3 Å². The molecule has 2 unspecified atom stereocenters. The lowest BCUT2D eigenvalue weighted by atomic mass is 9.55. The van der Waals surface area contributed by atoms with Crippen LogP contribution in [-0.4, -0.2) is 34.0 Å². The molecule has 272 valence electrons. The van der Waals surface area contributed by atoms with Gasteiger partial charge in [-0.2, -0.15) is 0 Å². The molecule has 0 radical (unpaired) electrons. The predicted octanol–water partition coefficient (Wildman–Crippen LogP) is 8.15. The lowest BCUT2D eigenvalue weighted by Crippen LogP contribution is -2.64. The number of ether oxygens (including phenoxy) is 2. The van der Waals surface area contributed by atoms with Crippen LogP contribution in [0.25, 0.3) is 0 Å². The normalized spacial score (nSPS) is 19.0. The maximum Gasteiger partial charge on any atom is 0.308 e. The minimum atomic E-state index is -1.57. The highest BCUT2D eigenvalue weighted by molar-refractivity contribution is 5.99. The van der Waals surface area contributed by atoms with Crippen LogP contribution >= 0.6 is 0 Å². The van der Waals surface area contributed by atoms with Gasteiger partial charge in [0.15, 0.2) is 0 Å². The Kier molecular flexibility index (Phi) is 12.3. The molecular formula is C42H46N2O8. The molecule has 1 aliphatic rings. The molecule has 1 saturated carbocycles. The third-order valence-electron chi connectivity index (χ3n) is 9.66. The largest absolute Gasteiger partial charge is 0.481 e. The van der Waals surface area contributed by atoms with Gasteiger partial charge < -0.3 is 30.3 Å². The summed E-state index contributed by atoms with van der Waals surface area (Å²) in [7, 11) is 0. The van der Waals surface area contributed by atoms with Crippen LogP contribution in [-0.2, 0) is 19.2 Å². The Morgan fingerprint density at radius 2 is 0.942 bits per heavy atom. The SMILES string of the molecule is CCCC(NC(=O)[C@H]1[C@@H](C(=O)O)[C@H](C(=O)O)[C@@H]1C(=O)NC(CCC)c1ccc(Oc2ccccc2)c(C)c1)c1ccc(Oc2ccccc2)c(C)c1. The van der Waals surface area contributed by atoms with Crippen LogP contribution in [0.1, 0.15) is 73.9 Å². The summed E-state index contributed by atoms with van der Waals surface area (Å²) in [5, 5.41) is 26.2. The van der Waals surface area contributed by atoms with E-state index in [-0.39, 0.29) is 0 Å². The smallest absolute Gasteiger partial charge is 0.308 e. The molecule has 10 nitrogen and oxygen atoms in total. The van der Waals surface area contributed by atoms with Gasteiger partial charge in [-0.3, -0.25) is 19.2 Å². The maximum atomic E-state index is 14.0. The second kappa shape index (κ2) is 17.0. The Morgan fingerprint density at radius 3 is 1.25 bits per heavy atom. The van der Waals surface area contributed by atoms with Crippen molar-refractivity contribution in [2.24, 2.45) is 23.7 Å². The third-order valence-corrected chi connectivity index (χ3v) is 9.66. The monoisotopic (exact) mass is 706 g/mol. The number of hydrogen-bond donors (Lipinski definition) is 4. The van der Waals surface area contributed by atoms with E-state index in [0.29, 0.717) is 48.7 Å². The number of carboxylic acids is 2. The molecule has 1 fully saturated rings. The molecule has 0 aromatic heterocycles. The van der Waals surface area contributed by atoms with E-state index in [1.807, 2.05) is 125 Å². The highest BCUT2D eigenvalue weighted by Crippen LogP contribution is 2.48. The predicted molar refractivity (Wildman–Crippen MR) is 196 cm³/mol. The summed E-state index contributed by atoms with van der Waals surface area (Å²) in [6.07, 6.45) is 2.48. The molecule has 0 spiro atoms. The van der Waals surface area contributed by atoms with Crippen molar-refractivity contribution in [1.29, 1.82) is 0 Å². The topological polar surface area (TPSA) is 151 Å². The van der Waals surface area contributed by atoms with Gasteiger partial charge in [-0.15, -0.1) is 0 Å². The van der Waals surface area contributed by atoms with Crippen molar-refractivity contribution in [2.45, 2.75) is 65.5 Å². The van der Waals surface area contributed by atoms with Gasteiger partial charge in [-0.25, -0.2) is 0 Å². The molecule has 5 rings (SSSR count). The standard InChI is InChI=1S/C42H46N2O8/c1-5-13-31(27-19-21-33(25(3)23-27)51-29-15-9-7-10-16-29)43-39(45)35-36(38(42(49)50)37(35)41(47)48)40(46)44-32(14-6-2)28-20-22-34(26(4)24-28)52-30-17-11-8-12-18-30/h7-12,15-24,31-32,35-38H,5-6,13-14H2,1-4H3,(H,43,45)(H,44,46)(H,47,48)(H,49,50)/t31?,32?,35-,36-,37-,38-/m1/s1. The first-order valence-corrected chi connectivity index (χ1v) is 17.8. The average Bonchev–Trinajstić information content (AvgIpc) is 3.10. The van der Waals surface area contributed by atoms with Crippen LogP contribution in [0.5, 0.6) is 23.0 Å². The van der Waals surface area contributed by atoms with Gasteiger partial charge in [-0.1, -0.05) is 87.4 Å². The summed E-state index contributed by atoms with van der Waals surface area (Å²) in [5.74, 6) is -7.44. The van der Waals surface area contributed by atoms with E-state index in [1.54, 1.807) is 0 Å². The zero-order chi connectivity index (χ0) is 37.4. The van der Waals surface area contributed by atoms with Crippen LogP contribution in [0.15, 0.2) is 97.1 Å². The van der Waals surface area contributed by atoms with Gasteiger partial charge in [0.1, 0.15) is 23.0 Å². The van der Waals surface area contributed by atoms with Gasteiger partial charge in [0.05, 0.1) is 35.8 Å². The highest BCUT2D eigenvalue weighted by atomic mass is 16.5. The van der Waals surface area contributed by atoms with E-state index in [1.165, 1.54) is 0 Å². The van der Waals surface area contributed by atoms with Gasteiger partial charge in [0.2, 0.25) is 11.8 Å². The van der Waals surface area contributed by atoms with Crippen molar-refractivity contribution < 1.29 is 38.9 Å². The van der Waals surface area contributed by atoms with Crippen molar-refractivity contribution in [3.8, 4) is 23.0 Å². The molecule has 0 aliphatic heterocycles. The number of aryl methyl sites for hydroxylation is 2. The van der Waals surface area contributed by atoms with Crippen LogP contribution < -0.4 is 20.1 Å². The number of benzene rings is 4. The molecule has 4 N–H and O–H groups in total. The molecule has 0 saturated heterocycles. The number of nitrogens with one attached hydrogen (secondary N) is 2. The first-order chi connectivity index (χ1) is 25.0. The first-order valence-electron chi connectivity index (χ1n) is 17.8. The summed E-state index contributed by atoms with van der Waals surface area (Å²) in [4.78, 5) is 52.9. The highest BCUT2D eigenvalue weighted by Gasteiger charge is 2.64. The summed E-state index contributed by atoms with van der Waals surface area (Å²) in [6, 6.07) is 28.9. The van der Waals surface area contributed by atoms with Crippen LogP contribution in [0.2, 0.25) is 0 Å². The Balaban J connectivity index is 1.36. The Bertz CT molecular complexity index is 1740. The number of carbonyl (C=O) groups is 4. The fraction of sp³-hybridized carbons (Fsp3) is 0.333. The molecule has 6 atom stereocenters. The molecule has 4 aromatic rings. The van der Waals surface area contributed by atoms with E-state index < -0.39 is 59.5 Å². The Morgan fingerprint density at radius 1 is 0.577 bits per heavy atom.